The van der Waals surface area contributed by atoms with Crippen LogP contribution in [0.3, 0.4) is 0 Å². The SMILES string of the molecule is COC(=O)C(Cc1ccccc1)c1cc(Br)ccc1OCc1ccccc1. The molecule has 0 saturated carbocycles. The summed E-state index contributed by atoms with van der Waals surface area (Å²) < 4.78 is 12.0. The first-order valence-electron chi connectivity index (χ1n) is 8.75. The van der Waals surface area contributed by atoms with Crippen molar-refractivity contribution in [3.05, 3.63) is 100 Å². The molecule has 0 aliphatic rings. The van der Waals surface area contributed by atoms with Crippen LogP contribution in [0.5, 0.6) is 5.75 Å². The smallest absolute Gasteiger partial charge is 0.313 e. The molecule has 3 rings (SSSR count). The number of hydrogen-bond acceptors (Lipinski definition) is 3. The van der Waals surface area contributed by atoms with Crippen LogP contribution in [0.1, 0.15) is 22.6 Å². The van der Waals surface area contributed by atoms with Gasteiger partial charge >= 0.3 is 5.97 Å². The van der Waals surface area contributed by atoms with Gasteiger partial charge in [-0.05, 0) is 35.7 Å². The number of hydrogen-bond donors (Lipinski definition) is 0. The number of ether oxygens (including phenoxy) is 2. The van der Waals surface area contributed by atoms with Crippen molar-refractivity contribution in [1.82, 2.24) is 0 Å². The summed E-state index contributed by atoms with van der Waals surface area (Å²) in [5.74, 6) is -0.0319. The van der Waals surface area contributed by atoms with Gasteiger partial charge in [0.05, 0.1) is 13.0 Å². The largest absolute Gasteiger partial charge is 0.489 e. The van der Waals surface area contributed by atoms with E-state index >= 15 is 0 Å². The Labute approximate surface area is 168 Å². The Morgan fingerprint density at radius 1 is 0.926 bits per heavy atom. The predicted octanol–water partition coefficient (Wildman–Crippen LogP) is 5.53. The summed E-state index contributed by atoms with van der Waals surface area (Å²) in [6.07, 6.45) is 0.547. The predicted molar refractivity (Wildman–Crippen MR) is 110 cm³/mol. The topological polar surface area (TPSA) is 35.5 Å². The van der Waals surface area contributed by atoms with Crippen molar-refractivity contribution >= 4 is 21.9 Å². The van der Waals surface area contributed by atoms with Gasteiger partial charge in [0.1, 0.15) is 12.4 Å². The Hall–Kier alpha value is -2.59. The molecule has 0 saturated heterocycles. The second-order valence-electron chi connectivity index (χ2n) is 6.22. The fraction of sp³-hybridized carbons (Fsp3) is 0.174. The highest BCUT2D eigenvalue weighted by atomic mass is 79.9. The standard InChI is InChI=1S/C23H21BrO3/c1-26-23(25)21(14-17-8-4-2-5-9-17)20-15-19(24)12-13-22(20)27-16-18-10-6-3-7-11-18/h2-13,15,21H,14,16H2,1H3. The number of benzene rings is 3. The van der Waals surface area contributed by atoms with Crippen molar-refractivity contribution in [1.29, 1.82) is 0 Å². The third kappa shape index (κ3) is 5.20. The number of carbonyl (C=O) groups excluding carboxylic acids is 1. The van der Waals surface area contributed by atoms with Crippen molar-refractivity contribution in [3.63, 3.8) is 0 Å². The minimum atomic E-state index is -0.444. The molecule has 0 aromatic heterocycles. The first-order valence-corrected chi connectivity index (χ1v) is 9.54. The van der Waals surface area contributed by atoms with Gasteiger partial charge in [0, 0.05) is 10.0 Å². The molecule has 4 heteroatoms. The lowest BCUT2D eigenvalue weighted by molar-refractivity contribution is -0.142. The number of halogens is 1. The third-order valence-corrected chi connectivity index (χ3v) is 4.85. The van der Waals surface area contributed by atoms with E-state index in [0.29, 0.717) is 18.8 Å². The lowest BCUT2D eigenvalue weighted by atomic mass is 9.91. The van der Waals surface area contributed by atoms with Crippen molar-refractivity contribution in [2.75, 3.05) is 7.11 Å². The van der Waals surface area contributed by atoms with Crippen LogP contribution in [-0.4, -0.2) is 13.1 Å². The summed E-state index contributed by atoms with van der Waals surface area (Å²) in [7, 11) is 1.42. The van der Waals surface area contributed by atoms with E-state index in [0.717, 1.165) is 21.2 Å². The summed E-state index contributed by atoms with van der Waals surface area (Å²) in [5, 5.41) is 0. The molecule has 0 heterocycles. The molecular formula is C23H21BrO3. The van der Waals surface area contributed by atoms with Gasteiger partial charge in [0.2, 0.25) is 0 Å². The van der Waals surface area contributed by atoms with E-state index in [2.05, 4.69) is 15.9 Å². The molecule has 0 spiro atoms. The fourth-order valence-corrected chi connectivity index (χ4v) is 3.35. The average molecular weight is 425 g/mol. The first kappa shape index (κ1) is 19.2. The van der Waals surface area contributed by atoms with Gasteiger partial charge in [-0.3, -0.25) is 4.79 Å². The van der Waals surface area contributed by atoms with Crippen LogP contribution >= 0.6 is 15.9 Å². The maximum Gasteiger partial charge on any atom is 0.313 e. The van der Waals surface area contributed by atoms with Crippen LogP contribution in [-0.2, 0) is 22.6 Å². The molecule has 0 radical (unpaired) electrons. The van der Waals surface area contributed by atoms with Gasteiger partial charge < -0.3 is 9.47 Å². The van der Waals surface area contributed by atoms with Gasteiger partial charge in [-0.2, -0.15) is 0 Å². The molecule has 0 amide bonds. The highest BCUT2D eigenvalue weighted by Crippen LogP contribution is 2.33. The number of methoxy groups -OCH3 is 1. The number of esters is 1. The van der Waals surface area contributed by atoms with Crippen LogP contribution in [0.25, 0.3) is 0 Å². The molecule has 1 atom stereocenters. The molecular weight excluding hydrogens is 404 g/mol. The van der Waals surface area contributed by atoms with E-state index in [4.69, 9.17) is 9.47 Å². The van der Waals surface area contributed by atoms with Crippen LogP contribution in [0.2, 0.25) is 0 Å². The Bertz CT molecular complexity index is 879. The van der Waals surface area contributed by atoms with Gasteiger partial charge in [-0.25, -0.2) is 0 Å². The molecule has 138 valence electrons. The summed E-state index contributed by atoms with van der Waals surface area (Å²) in [6, 6.07) is 25.6. The molecule has 1 unspecified atom stereocenters. The van der Waals surface area contributed by atoms with Crippen molar-refractivity contribution in [2.24, 2.45) is 0 Å². The summed E-state index contributed by atoms with van der Waals surface area (Å²) in [6.45, 7) is 0.439. The summed E-state index contributed by atoms with van der Waals surface area (Å²) >= 11 is 3.51. The van der Waals surface area contributed by atoms with E-state index in [1.54, 1.807) is 0 Å². The van der Waals surface area contributed by atoms with Crippen LogP contribution < -0.4 is 4.74 Å². The molecule has 0 aliphatic carbocycles. The molecule has 0 N–H and O–H groups in total. The normalized spacial score (nSPS) is 11.6. The lowest BCUT2D eigenvalue weighted by Crippen LogP contribution is -2.18. The molecule has 0 fully saturated rings. The monoisotopic (exact) mass is 424 g/mol. The highest BCUT2D eigenvalue weighted by molar-refractivity contribution is 9.10. The van der Waals surface area contributed by atoms with Crippen molar-refractivity contribution in [3.8, 4) is 5.75 Å². The molecule has 0 aliphatic heterocycles. The Kier molecular flexibility index (Phi) is 6.66. The highest BCUT2D eigenvalue weighted by Gasteiger charge is 2.25. The lowest BCUT2D eigenvalue weighted by Gasteiger charge is -2.19. The third-order valence-electron chi connectivity index (χ3n) is 4.35. The second kappa shape index (κ2) is 9.38. The minimum Gasteiger partial charge on any atom is -0.489 e. The summed E-state index contributed by atoms with van der Waals surface area (Å²) in [4.78, 5) is 12.6. The van der Waals surface area contributed by atoms with E-state index in [9.17, 15) is 4.79 Å². The van der Waals surface area contributed by atoms with Gasteiger partial charge in [-0.15, -0.1) is 0 Å². The molecule has 3 nitrogen and oxygen atoms in total. The van der Waals surface area contributed by atoms with Crippen LogP contribution in [0.4, 0.5) is 0 Å². The maximum atomic E-state index is 12.6. The maximum absolute atomic E-state index is 12.6. The zero-order chi connectivity index (χ0) is 19.1. The zero-order valence-corrected chi connectivity index (χ0v) is 16.7. The van der Waals surface area contributed by atoms with Crippen molar-refractivity contribution in [2.45, 2.75) is 18.9 Å². The van der Waals surface area contributed by atoms with E-state index in [-0.39, 0.29) is 5.97 Å². The summed E-state index contributed by atoms with van der Waals surface area (Å²) in [5.41, 5.74) is 2.96. The quantitative estimate of drug-likeness (QED) is 0.467. The average Bonchev–Trinajstić information content (AvgIpc) is 2.72. The van der Waals surface area contributed by atoms with Gasteiger partial charge in [0.15, 0.2) is 0 Å². The van der Waals surface area contributed by atoms with Gasteiger partial charge in [0.25, 0.3) is 0 Å². The van der Waals surface area contributed by atoms with E-state index < -0.39 is 5.92 Å². The molecule has 27 heavy (non-hydrogen) atoms. The Balaban J connectivity index is 1.90. The second-order valence-corrected chi connectivity index (χ2v) is 7.14. The van der Waals surface area contributed by atoms with Gasteiger partial charge in [-0.1, -0.05) is 76.6 Å². The minimum absolute atomic E-state index is 0.276. The number of carbonyl (C=O) groups is 1. The van der Waals surface area contributed by atoms with E-state index in [1.165, 1.54) is 7.11 Å². The van der Waals surface area contributed by atoms with Crippen molar-refractivity contribution < 1.29 is 14.3 Å². The Morgan fingerprint density at radius 2 is 1.56 bits per heavy atom. The first-order chi connectivity index (χ1) is 13.2. The fourth-order valence-electron chi connectivity index (χ4n) is 2.97. The van der Waals surface area contributed by atoms with Crippen LogP contribution in [0, 0.1) is 0 Å². The van der Waals surface area contributed by atoms with Crippen LogP contribution in [0.15, 0.2) is 83.3 Å². The zero-order valence-electron chi connectivity index (χ0n) is 15.1. The molecule has 3 aromatic carbocycles. The molecule has 0 bridgehead atoms. The Morgan fingerprint density at radius 3 is 2.19 bits per heavy atom. The van der Waals surface area contributed by atoms with E-state index in [1.807, 2.05) is 78.9 Å². The number of rotatable bonds is 7. The molecule has 3 aromatic rings.